The van der Waals surface area contributed by atoms with Gasteiger partial charge in [-0.1, -0.05) is 12.1 Å². The van der Waals surface area contributed by atoms with Gasteiger partial charge in [0.2, 0.25) is 5.91 Å². The lowest BCUT2D eigenvalue weighted by atomic mass is 9.89. The van der Waals surface area contributed by atoms with Crippen LogP contribution in [-0.2, 0) is 4.79 Å². The first-order valence-electron chi connectivity index (χ1n) is 9.31. The molecule has 2 saturated heterocycles. The molecule has 6 heteroatoms. The molecule has 2 aromatic heterocycles. The summed E-state index contributed by atoms with van der Waals surface area (Å²) in [6, 6.07) is 9.24. The zero-order chi connectivity index (χ0) is 17.5. The number of piperidine rings is 1. The monoisotopic (exact) mass is 366 g/mol. The van der Waals surface area contributed by atoms with Crippen LogP contribution >= 0.6 is 11.3 Å². The van der Waals surface area contributed by atoms with Gasteiger partial charge in [0.15, 0.2) is 4.96 Å². The molecule has 134 valence electrons. The Morgan fingerprint density at radius 2 is 2.00 bits per heavy atom. The lowest BCUT2D eigenvalue weighted by Gasteiger charge is -2.28. The molecule has 2 aliphatic heterocycles. The Balaban J connectivity index is 1.22. The topological polar surface area (TPSA) is 58.4 Å². The molecule has 1 amide bonds. The molecule has 5 rings (SSSR count). The van der Waals surface area contributed by atoms with Crippen LogP contribution in [-0.4, -0.2) is 27.4 Å². The number of thiazole rings is 1. The van der Waals surface area contributed by atoms with Crippen molar-refractivity contribution in [1.82, 2.24) is 14.7 Å². The summed E-state index contributed by atoms with van der Waals surface area (Å²) in [7, 11) is 0. The van der Waals surface area contributed by atoms with E-state index in [-0.39, 0.29) is 5.91 Å². The van der Waals surface area contributed by atoms with Crippen LogP contribution in [0.4, 0.5) is 5.69 Å². The van der Waals surface area contributed by atoms with Gasteiger partial charge in [-0.2, -0.15) is 0 Å². The molecule has 0 aliphatic carbocycles. The summed E-state index contributed by atoms with van der Waals surface area (Å²) in [6.07, 6.45) is 9.50. The Bertz CT molecular complexity index is 888. The van der Waals surface area contributed by atoms with E-state index < -0.39 is 0 Å². The molecule has 0 radical (unpaired) electrons. The number of anilines is 1. The molecule has 2 fully saturated rings. The van der Waals surface area contributed by atoms with Gasteiger partial charge in [0.25, 0.3) is 0 Å². The maximum Gasteiger partial charge on any atom is 0.224 e. The van der Waals surface area contributed by atoms with Crippen LogP contribution in [0.1, 0.15) is 32.1 Å². The van der Waals surface area contributed by atoms with Crippen molar-refractivity contribution in [2.45, 2.75) is 44.2 Å². The number of aromatic nitrogens is 2. The number of hydrogen-bond donors (Lipinski definition) is 2. The van der Waals surface area contributed by atoms with Crippen LogP contribution in [0.5, 0.6) is 0 Å². The van der Waals surface area contributed by atoms with Crippen molar-refractivity contribution < 1.29 is 4.79 Å². The predicted octanol–water partition coefficient (Wildman–Crippen LogP) is 3.92. The minimum absolute atomic E-state index is 0.131. The Morgan fingerprint density at radius 1 is 1.23 bits per heavy atom. The van der Waals surface area contributed by atoms with E-state index in [2.05, 4.69) is 15.6 Å². The molecule has 0 spiro atoms. The number of rotatable bonds is 4. The van der Waals surface area contributed by atoms with E-state index >= 15 is 0 Å². The summed E-state index contributed by atoms with van der Waals surface area (Å²) in [4.78, 5) is 18.0. The van der Waals surface area contributed by atoms with Gasteiger partial charge >= 0.3 is 0 Å². The molecule has 2 unspecified atom stereocenters. The second kappa shape index (κ2) is 6.52. The van der Waals surface area contributed by atoms with Gasteiger partial charge in [0, 0.05) is 47.5 Å². The van der Waals surface area contributed by atoms with Gasteiger partial charge in [-0.15, -0.1) is 11.3 Å². The molecular formula is C20H22N4OS. The molecule has 5 nitrogen and oxygen atoms in total. The summed E-state index contributed by atoms with van der Waals surface area (Å²) in [5.74, 6) is 0.651. The maximum absolute atomic E-state index is 12.4. The zero-order valence-electron chi connectivity index (χ0n) is 14.5. The highest BCUT2D eigenvalue weighted by atomic mass is 32.1. The lowest BCUT2D eigenvalue weighted by molar-refractivity contribution is -0.117. The van der Waals surface area contributed by atoms with Crippen LogP contribution in [0.15, 0.2) is 42.0 Å². The summed E-state index contributed by atoms with van der Waals surface area (Å²) in [6.45, 7) is 0. The van der Waals surface area contributed by atoms with Crippen LogP contribution in [0, 0.1) is 5.92 Å². The fraction of sp³-hybridized carbons (Fsp3) is 0.400. The molecule has 0 saturated carbocycles. The second-order valence-electron chi connectivity index (χ2n) is 7.52. The highest BCUT2D eigenvalue weighted by Gasteiger charge is 2.34. The number of carbonyl (C=O) groups is 1. The molecule has 4 heterocycles. The Kier molecular flexibility index (Phi) is 4.02. The second-order valence-corrected chi connectivity index (χ2v) is 8.40. The smallest absolute Gasteiger partial charge is 0.224 e. The number of fused-ring (bicyclic) bond motifs is 3. The fourth-order valence-electron chi connectivity index (χ4n) is 4.41. The minimum Gasteiger partial charge on any atom is -0.326 e. The number of imidazole rings is 1. The Morgan fingerprint density at radius 3 is 2.73 bits per heavy atom. The van der Waals surface area contributed by atoms with E-state index in [1.54, 1.807) is 11.3 Å². The van der Waals surface area contributed by atoms with Gasteiger partial charge in [-0.05, 0) is 43.7 Å². The average Bonchev–Trinajstić information content (AvgIpc) is 3.30. The fourth-order valence-corrected chi connectivity index (χ4v) is 5.11. The van der Waals surface area contributed by atoms with Crippen LogP contribution in [0.3, 0.4) is 0 Å². The number of amides is 1. The van der Waals surface area contributed by atoms with Crippen molar-refractivity contribution >= 4 is 27.9 Å². The first kappa shape index (κ1) is 16.0. The third kappa shape index (κ3) is 3.15. The minimum atomic E-state index is 0.131. The van der Waals surface area contributed by atoms with Crippen LogP contribution in [0.2, 0.25) is 0 Å². The molecule has 2 N–H and O–H groups in total. The van der Waals surface area contributed by atoms with Crippen LogP contribution < -0.4 is 10.6 Å². The Labute approximate surface area is 156 Å². The van der Waals surface area contributed by atoms with E-state index in [1.807, 2.05) is 46.4 Å². The maximum atomic E-state index is 12.4. The first-order valence-corrected chi connectivity index (χ1v) is 10.2. The molecule has 2 atom stereocenters. The van der Waals surface area contributed by atoms with Crippen molar-refractivity contribution in [2.24, 2.45) is 5.92 Å². The molecule has 2 bridgehead atoms. The summed E-state index contributed by atoms with van der Waals surface area (Å²) < 4.78 is 2.03. The number of benzene rings is 1. The van der Waals surface area contributed by atoms with Gasteiger partial charge < -0.3 is 10.6 Å². The number of nitrogens with one attached hydrogen (secondary N) is 2. The van der Waals surface area contributed by atoms with Crippen molar-refractivity contribution in [3.8, 4) is 11.3 Å². The number of carbonyl (C=O) groups excluding carboxylic acids is 1. The van der Waals surface area contributed by atoms with E-state index in [1.165, 1.54) is 12.8 Å². The van der Waals surface area contributed by atoms with Gasteiger partial charge in [-0.25, -0.2) is 4.98 Å². The Hall–Kier alpha value is -2.18. The van der Waals surface area contributed by atoms with Gasteiger partial charge in [-0.3, -0.25) is 9.20 Å². The third-order valence-corrected chi connectivity index (χ3v) is 6.37. The van der Waals surface area contributed by atoms with Crippen LogP contribution in [0.25, 0.3) is 16.2 Å². The van der Waals surface area contributed by atoms with Gasteiger partial charge in [0.05, 0.1) is 5.69 Å². The summed E-state index contributed by atoms with van der Waals surface area (Å²) in [5.41, 5.74) is 2.88. The summed E-state index contributed by atoms with van der Waals surface area (Å²) >= 11 is 1.63. The molecule has 1 aromatic carbocycles. The van der Waals surface area contributed by atoms with E-state index in [0.29, 0.717) is 24.4 Å². The normalized spacial score (nSPS) is 24.8. The largest absolute Gasteiger partial charge is 0.326 e. The molecule has 26 heavy (non-hydrogen) atoms. The molecule has 3 aromatic rings. The van der Waals surface area contributed by atoms with Crippen molar-refractivity contribution in [1.29, 1.82) is 0 Å². The highest BCUT2D eigenvalue weighted by molar-refractivity contribution is 7.15. The SMILES string of the molecule is O=C(CC1CC2CCC(C1)N2)Nc1ccc(-c2cn3ccsc3n2)cc1. The third-order valence-electron chi connectivity index (χ3n) is 5.60. The van der Waals surface area contributed by atoms with E-state index in [9.17, 15) is 4.79 Å². The first-order chi connectivity index (χ1) is 12.7. The number of hydrogen-bond acceptors (Lipinski definition) is 4. The van der Waals surface area contributed by atoms with Crippen molar-refractivity contribution in [2.75, 3.05) is 5.32 Å². The van der Waals surface area contributed by atoms with Crippen molar-refractivity contribution in [3.63, 3.8) is 0 Å². The molecular weight excluding hydrogens is 344 g/mol. The zero-order valence-corrected chi connectivity index (χ0v) is 15.3. The van der Waals surface area contributed by atoms with E-state index in [0.717, 1.165) is 34.7 Å². The average molecular weight is 366 g/mol. The van der Waals surface area contributed by atoms with Gasteiger partial charge in [0.1, 0.15) is 0 Å². The molecule has 2 aliphatic rings. The predicted molar refractivity (Wildman–Crippen MR) is 104 cm³/mol. The summed E-state index contributed by atoms with van der Waals surface area (Å²) in [5, 5.41) is 8.72. The number of nitrogens with zero attached hydrogens (tertiary/aromatic N) is 2. The lowest BCUT2D eigenvalue weighted by Crippen LogP contribution is -2.39. The van der Waals surface area contributed by atoms with E-state index in [4.69, 9.17) is 0 Å². The standard InChI is InChI=1S/C20H22N4OS/c25-19(11-13-9-16-5-6-17(10-13)21-16)22-15-3-1-14(2-4-15)18-12-24-7-8-26-20(24)23-18/h1-4,7-8,12-13,16-17,21H,5-6,9-11H2,(H,22,25). The highest BCUT2D eigenvalue weighted by Crippen LogP contribution is 2.33. The quantitative estimate of drug-likeness (QED) is 0.736. The van der Waals surface area contributed by atoms with Crippen molar-refractivity contribution in [3.05, 3.63) is 42.0 Å².